The van der Waals surface area contributed by atoms with Crippen LogP contribution in [0.5, 0.6) is 0 Å². The van der Waals surface area contributed by atoms with E-state index in [-0.39, 0.29) is 18.7 Å². The molecule has 1 aliphatic heterocycles. The molecule has 2 N–H and O–H groups in total. The van der Waals surface area contributed by atoms with Gasteiger partial charge in [0.25, 0.3) is 11.3 Å². The highest BCUT2D eigenvalue weighted by Gasteiger charge is 2.19. The summed E-state index contributed by atoms with van der Waals surface area (Å²) >= 11 is -2.36. The van der Waals surface area contributed by atoms with Crippen molar-refractivity contribution in [3.8, 4) is 0 Å². The Morgan fingerprint density at radius 1 is 1.27 bits per heavy atom. The van der Waals surface area contributed by atoms with Crippen LogP contribution in [0.4, 0.5) is 20.6 Å². The molecule has 1 atom stereocenters. The highest BCUT2D eigenvalue weighted by Crippen LogP contribution is 2.23. The zero-order chi connectivity index (χ0) is 22.3. The Bertz CT molecular complexity index is 759. The zero-order valence-corrected chi connectivity index (χ0v) is 18.7. The number of rotatable bonds is 7. The lowest BCUT2D eigenvalue weighted by molar-refractivity contribution is 0.0532. The molecule has 1 aliphatic rings. The van der Waals surface area contributed by atoms with Gasteiger partial charge in [-0.05, 0) is 57.7 Å². The van der Waals surface area contributed by atoms with Gasteiger partial charge in [-0.2, -0.15) is 0 Å². The van der Waals surface area contributed by atoms with Gasteiger partial charge in [-0.1, -0.05) is 0 Å². The van der Waals surface area contributed by atoms with E-state index < -0.39 is 23.0 Å². The normalized spacial score (nSPS) is 16.9. The topological polar surface area (TPSA) is 85.4 Å². The van der Waals surface area contributed by atoms with Gasteiger partial charge in [0.2, 0.25) is 0 Å². The summed E-state index contributed by atoms with van der Waals surface area (Å²) in [5.41, 5.74) is 0.966. The lowest BCUT2D eigenvalue weighted by Crippen LogP contribution is -2.44. The van der Waals surface area contributed by atoms with Crippen LogP contribution in [0.15, 0.2) is 36.2 Å². The van der Waals surface area contributed by atoms with Crippen LogP contribution in [0.25, 0.3) is 0 Å². The first-order chi connectivity index (χ1) is 14.1. The van der Waals surface area contributed by atoms with Crippen LogP contribution in [-0.4, -0.2) is 71.7 Å². The van der Waals surface area contributed by atoms with E-state index in [1.807, 2.05) is 12.1 Å². The smallest absolute Gasteiger partial charge is 0.407 e. The van der Waals surface area contributed by atoms with Crippen molar-refractivity contribution in [1.82, 2.24) is 10.2 Å². The summed E-state index contributed by atoms with van der Waals surface area (Å²) < 4.78 is 41.2. The van der Waals surface area contributed by atoms with Crippen molar-refractivity contribution < 1.29 is 22.7 Å². The molecule has 1 fully saturated rings. The highest BCUT2D eigenvalue weighted by molar-refractivity contribution is 7.80. The fourth-order valence-electron chi connectivity index (χ4n) is 2.94. The van der Waals surface area contributed by atoms with Crippen molar-refractivity contribution in [1.29, 1.82) is 0 Å². The quantitative estimate of drug-likeness (QED) is 0.632. The van der Waals surface area contributed by atoms with E-state index in [1.165, 1.54) is 0 Å². The van der Waals surface area contributed by atoms with Gasteiger partial charge in [-0.15, -0.1) is 0 Å². The molecule has 0 radical (unpaired) electrons. The van der Waals surface area contributed by atoms with E-state index in [9.17, 15) is 17.9 Å². The maximum atomic E-state index is 13.4. The number of ether oxygens (including phenoxy) is 1. The summed E-state index contributed by atoms with van der Waals surface area (Å²) in [5.74, 6) is 0. The highest BCUT2D eigenvalue weighted by atomic mass is 32.2. The number of anilines is 2. The predicted molar refractivity (Wildman–Crippen MR) is 118 cm³/mol. The number of alkyl carbamates (subject to hydrolysis) is 1. The van der Waals surface area contributed by atoms with E-state index in [2.05, 4.69) is 22.2 Å². The van der Waals surface area contributed by atoms with Crippen molar-refractivity contribution in [2.24, 2.45) is 0 Å². The van der Waals surface area contributed by atoms with Crippen LogP contribution in [0.1, 0.15) is 20.8 Å². The number of piperazine rings is 1. The summed E-state index contributed by atoms with van der Waals surface area (Å²) in [7, 11) is 2.09. The molecule has 1 heterocycles. The number of hydrogen-bond donors (Lipinski definition) is 2. The lowest BCUT2D eigenvalue weighted by atomic mass is 10.2. The Kier molecular flexibility index (Phi) is 8.63. The number of halogens is 1. The van der Waals surface area contributed by atoms with Gasteiger partial charge in [0.1, 0.15) is 5.60 Å². The van der Waals surface area contributed by atoms with Gasteiger partial charge in [0.15, 0.2) is 0 Å². The summed E-state index contributed by atoms with van der Waals surface area (Å²) in [6, 6.07) is 7.24. The van der Waals surface area contributed by atoms with Crippen molar-refractivity contribution >= 4 is 28.7 Å². The second-order valence-electron chi connectivity index (χ2n) is 8.20. The number of hydrogen-bond acceptors (Lipinski definition) is 5. The fourth-order valence-corrected chi connectivity index (χ4v) is 3.52. The van der Waals surface area contributed by atoms with E-state index >= 15 is 0 Å². The largest absolute Gasteiger partial charge is 0.444 e. The minimum absolute atomic E-state index is 0.131. The number of carbonyl (C=O) groups excluding carboxylic acids is 1. The van der Waals surface area contributed by atoms with Crippen molar-refractivity contribution in [3.05, 3.63) is 36.2 Å². The number of likely N-dealkylation sites (N-methyl/N-ethyl adjacent to an activating group) is 1. The molecule has 0 aliphatic carbocycles. The van der Waals surface area contributed by atoms with Crippen LogP contribution >= 0.6 is 0 Å². The molecule has 1 aromatic rings. The molecule has 2 rings (SSSR count). The molecule has 0 saturated carbocycles. The fraction of sp³-hybridized carbons (Fsp3) is 0.550. The Labute approximate surface area is 180 Å². The first-order valence-electron chi connectivity index (χ1n) is 9.76. The Balaban J connectivity index is 2.00. The molecule has 1 aromatic carbocycles. The third kappa shape index (κ3) is 7.58. The number of benzene rings is 1. The second-order valence-corrected chi connectivity index (χ2v) is 9.10. The van der Waals surface area contributed by atoms with Gasteiger partial charge < -0.3 is 19.9 Å². The third-order valence-corrected chi connectivity index (χ3v) is 5.27. The Hall–Kier alpha value is -2.17. The molecule has 1 amide bonds. The number of nitrogens with zero attached hydrogens (tertiary/aromatic N) is 3. The maximum Gasteiger partial charge on any atom is 0.407 e. The third-order valence-electron chi connectivity index (χ3n) is 4.55. The predicted octanol–water partition coefficient (Wildman–Crippen LogP) is 2.76. The van der Waals surface area contributed by atoms with Crippen LogP contribution in [0.3, 0.4) is 0 Å². The van der Waals surface area contributed by atoms with Gasteiger partial charge >= 0.3 is 6.09 Å². The molecular weight excluding hydrogens is 411 g/mol. The average molecular weight is 443 g/mol. The van der Waals surface area contributed by atoms with E-state index in [4.69, 9.17) is 4.74 Å². The Morgan fingerprint density at radius 2 is 1.87 bits per heavy atom. The van der Waals surface area contributed by atoms with Gasteiger partial charge in [0, 0.05) is 38.4 Å². The average Bonchev–Trinajstić information content (AvgIpc) is 2.67. The number of carbonyl (C=O) groups is 1. The lowest BCUT2D eigenvalue weighted by Gasteiger charge is -2.34. The van der Waals surface area contributed by atoms with Gasteiger partial charge in [-0.3, -0.25) is 8.86 Å². The minimum atomic E-state index is -2.36. The second kappa shape index (κ2) is 10.7. The number of nitrogens with one attached hydrogen (secondary N) is 1. The summed E-state index contributed by atoms with van der Waals surface area (Å²) in [5, 5.41) is 2.45. The zero-order valence-electron chi connectivity index (χ0n) is 17.9. The molecule has 8 nitrogen and oxygen atoms in total. The monoisotopic (exact) mass is 442 g/mol. The molecule has 0 bridgehead atoms. The van der Waals surface area contributed by atoms with E-state index in [0.717, 1.165) is 36.2 Å². The van der Waals surface area contributed by atoms with Crippen LogP contribution < -0.4 is 14.5 Å². The Morgan fingerprint density at radius 3 is 2.37 bits per heavy atom. The van der Waals surface area contributed by atoms with Crippen LogP contribution in [0, 0.1) is 0 Å². The molecule has 168 valence electrons. The molecule has 0 spiro atoms. The van der Waals surface area contributed by atoms with E-state index in [1.54, 1.807) is 32.9 Å². The molecule has 30 heavy (non-hydrogen) atoms. The van der Waals surface area contributed by atoms with Gasteiger partial charge in [-0.25, -0.2) is 13.4 Å². The molecular formula is C20H31FN4O4S. The molecule has 1 unspecified atom stereocenters. The summed E-state index contributed by atoms with van der Waals surface area (Å²) in [6.45, 7) is 8.64. The van der Waals surface area contributed by atoms with E-state index in [0.29, 0.717) is 12.0 Å². The SMILES string of the molecule is CN1CCN(c2ccc(N(C/C(=C\F)CNC(=O)OC(C)(C)C)S(=O)O)cc2)CC1. The molecule has 0 aromatic heterocycles. The molecule has 1 saturated heterocycles. The first kappa shape index (κ1) is 24.1. The van der Waals surface area contributed by atoms with Crippen molar-refractivity contribution in [2.45, 2.75) is 26.4 Å². The maximum absolute atomic E-state index is 13.4. The first-order valence-corrected chi connectivity index (χ1v) is 10.8. The van der Waals surface area contributed by atoms with Crippen molar-refractivity contribution in [3.63, 3.8) is 0 Å². The number of amides is 1. The van der Waals surface area contributed by atoms with Crippen molar-refractivity contribution in [2.75, 3.05) is 55.5 Å². The summed E-state index contributed by atoms with van der Waals surface area (Å²) in [6.07, 6.45) is -0.356. The summed E-state index contributed by atoms with van der Waals surface area (Å²) in [4.78, 5) is 16.3. The van der Waals surface area contributed by atoms with Gasteiger partial charge in [0.05, 0.1) is 18.6 Å². The molecule has 10 heteroatoms. The minimum Gasteiger partial charge on any atom is -0.444 e. The standard InChI is InChI=1S/C20H31FN4O4S/c1-20(2,3)29-19(26)22-14-16(13-21)15-25(30(27)28)18-7-5-17(6-8-18)24-11-9-23(4)10-12-24/h5-8,13H,9-12,14-15H2,1-4H3,(H,22,26)(H,27,28)/b16-13-. The van der Waals surface area contributed by atoms with Crippen LogP contribution in [0.2, 0.25) is 0 Å². The van der Waals surface area contributed by atoms with Crippen LogP contribution in [-0.2, 0) is 16.0 Å².